The van der Waals surface area contributed by atoms with Gasteiger partial charge in [-0.05, 0) is 35.9 Å². The summed E-state index contributed by atoms with van der Waals surface area (Å²) < 4.78 is 32.3. The quantitative estimate of drug-likeness (QED) is 0.866. The molecule has 2 aromatic carbocycles. The van der Waals surface area contributed by atoms with Gasteiger partial charge < -0.3 is 4.74 Å². The van der Waals surface area contributed by atoms with Crippen LogP contribution in [0.1, 0.15) is 5.56 Å². The Balaban J connectivity index is 1.74. The van der Waals surface area contributed by atoms with Crippen molar-refractivity contribution >= 4 is 17.5 Å². The first-order valence-electron chi connectivity index (χ1n) is 6.48. The maximum atomic E-state index is 13.6. The molecule has 3 rings (SSSR count). The number of fused-ring (bicyclic) bond motifs is 1. The number of carbonyl (C=O) groups excluding carboxylic acids is 1. The summed E-state index contributed by atoms with van der Waals surface area (Å²) in [6.45, 7) is 0. The Labute approximate surface area is 125 Å². The molecule has 1 aliphatic rings. The second kappa shape index (κ2) is 5.85. The molecule has 2 nitrogen and oxygen atoms in total. The Morgan fingerprint density at radius 3 is 2.90 bits per heavy atom. The third-order valence-electron chi connectivity index (χ3n) is 3.24. The van der Waals surface area contributed by atoms with Gasteiger partial charge in [-0.1, -0.05) is 12.1 Å². The van der Waals surface area contributed by atoms with Crippen molar-refractivity contribution in [3.8, 4) is 5.75 Å². The highest BCUT2D eigenvalue weighted by molar-refractivity contribution is 7.99. The third kappa shape index (κ3) is 3.08. The number of benzene rings is 2. The van der Waals surface area contributed by atoms with Gasteiger partial charge in [0.2, 0.25) is 0 Å². The van der Waals surface area contributed by atoms with E-state index in [0.29, 0.717) is 11.5 Å². The second-order valence-corrected chi connectivity index (χ2v) is 5.80. The first kappa shape index (κ1) is 14.1. The number of carbonyl (C=O) groups is 1. The molecular formula is C16H12F2O2S. The van der Waals surface area contributed by atoms with Crippen LogP contribution in [0.15, 0.2) is 47.4 Å². The van der Waals surface area contributed by atoms with Gasteiger partial charge in [-0.3, -0.25) is 4.79 Å². The Morgan fingerprint density at radius 2 is 2.05 bits per heavy atom. The summed E-state index contributed by atoms with van der Waals surface area (Å²) in [5.74, 6) is -0.238. The van der Waals surface area contributed by atoms with Gasteiger partial charge in [0.25, 0.3) is 0 Å². The number of para-hydroxylation sites is 1. The lowest BCUT2D eigenvalue weighted by atomic mass is 10.1. The van der Waals surface area contributed by atoms with Crippen LogP contribution in [0.25, 0.3) is 0 Å². The molecule has 0 radical (unpaired) electrons. The van der Waals surface area contributed by atoms with Gasteiger partial charge in [0.05, 0.1) is 0 Å². The van der Waals surface area contributed by atoms with Crippen molar-refractivity contribution in [2.45, 2.75) is 17.4 Å². The van der Waals surface area contributed by atoms with E-state index in [2.05, 4.69) is 0 Å². The van der Waals surface area contributed by atoms with Crippen LogP contribution in [0.4, 0.5) is 8.78 Å². The molecular weight excluding hydrogens is 294 g/mol. The number of hydrogen-bond donors (Lipinski definition) is 0. The molecule has 0 saturated heterocycles. The smallest absolute Gasteiger partial charge is 0.178 e. The summed E-state index contributed by atoms with van der Waals surface area (Å²) in [7, 11) is 0. The predicted molar refractivity (Wildman–Crippen MR) is 76.7 cm³/mol. The Morgan fingerprint density at radius 1 is 1.24 bits per heavy atom. The fourth-order valence-electron chi connectivity index (χ4n) is 2.16. The molecule has 2 aromatic rings. The number of thioether (sulfide) groups is 1. The van der Waals surface area contributed by atoms with Crippen LogP contribution in [-0.4, -0.2) is 17.6 Å². The average Bonchev–Trinajstić information content (AvgIpc) is 2.50. The molecule has 0 aromatic heterocycles. The molecule has 0 saturated carbocycles. The van der Waals surface area contributed by atoms with E-state index < -0.39 is 17.7 Å². The van der Waals surface area contributed by atoms with Crippen LogP contribution < -0.4 is 4.74 Å². The Hall–Kier alpha value is -1.88. The van der Waals surface area contributed by atoms with Crippen LogP contribution in [0.5, 0.6) is 5.75 Å². The lowest BCUT2D eigenvalue weighted by Gasteiger charge is -2.24. The van der Waals surface area contributed by atoms with Gasteiger partial charge >= 0.3 is 0 Å². The molecule has 21 heavy (non-hydrogen) atoms. The Bertz CT molecular complexity index is 688. The second-order valence-electron chi connectivity index (χ2n) is 4.74. The lowest BCUT2D eigenvalue weighted by Crippen LogP contribution is -2.33. The van der Waals surface area contributed by atoms with Gasteiger partial charge in [0.1, 0.15) is 17.4 Å². The monoisotopic (exact) mass is 306 g/mol. The van der Waals surface area contributed by atoms with Crippen LogP contribution >= 0.6 is 11.8 Å². The predicted octanol–water partition coefficient (Wildman–Crippen LogP) is 3.63. The normalized spacial score (nSPS) is 17.0. The molecule has 0 aliphatic carbocycles. The van der Waals surface area contributed by atoms with Gasteiger partial charge in [-0.25, -0.2) is 8.78 Å². The van der Waals surface area contributed by atoms with Crippen molar-refractivity contribution in [3.05, 3.63) is 59.7 Å². The number of ketones is 1. The lowest BCUT2D eigenvalue weighted by molar-refractivity contribution is -0.124. The van der Waals surface area contributed by atoms with E-state index in [4.69, 9.17) is 4.74 Å². The van der Waals surface area contributed by atoms with Crippen LogP contribution in [0, 0.1) is 11.6 Å². The van der Waals surface area contributed by atoms with E-state index in [1.165, 1.54) is 11.8 Å². The SMILES string of the molecule is O=C(Cc1cc(F)ccc1F)C1CSc2ccccc2O1. The molecule has 5 heteroatoms. The third-order valence-corrected chi connectivity index (χ3v) is 4.36. The van der Waals surface area contributed by atoms with Crippen LogP contribution in [0.3, 0.4) is 0 Å². The summed E-state index contributed by atoms with van der Waals surface area (Å²) in [6.07, 6.45) is -0.802. The van der Waals surface area contributed by atoms with Crippen molar-refractivity contribution < 1.29 is 18.3 Å². The standard InChI is InChI=1S/C16H12F2O2S/c17-11-5-6-12(18)10(7-11)8-13(19)15-9-21-16-4-2-1-3-14(16)20-15/h1-7,15H,8-9H2. The minimum Gasteiger partial charge on any atom is -0.481 e. The highest BCUT2D eigenvalue weighted by Crippen LogP contribution is 2.35. The molecule has 0 spiro atoms. The molecule has 1 heterocycles. The van der Waals surface area contributed by atoms with Gasteiger partial charge in [0.15, 0.2) is 11.9 Å². The molecule has 1 aliphatic heterocycles. The number of Topliss-reactive ketones (excluding diaryl/α,β-unsaturated/α-hetero) is 1. The number of ether oxygens (including phenoxy) is 1. The topological polar surface area (TPSA) is 26.3 Å². The highest BCUT2D eigenvalue weighted by atomic mass is 32.2. The molecule has 108 valence electrons. The van der Waals surface area contributed by atoms with E-state index in [1.807, 2.05) is 18.2 Å². The van der Waals surface area contributed by atoms with E-state index in [0.717, 1.165) is 23.1 Å². The van der Waals surface area contributed by atoms with E-state index in [1.54, 1.807) is 6.07 Å². The Kier molecular flexibility index (Phi) is 3.92. The molecule has 0 fully saturated rings. The first-order valence-corrected chi connectivity index (χ1v) is 7.47. The minimum absolute atomic E-state index is 0.0625. The fraction of sp³-hybridized carbons (Fsp3) is 0.188. The molecule has 0 amide bonds. The highest BCUT2D eigenvalue weighted by Gasteiger charge is 2.27. The summed E-state index contributed by atoms with van der Waals surface area (Å²) in [5.41, 5.74) is 0.0625. The van der Waals surface area contributed by atoms with Gasteiger partial charge in [-0.15, -0.1) is 11.8 Å². The molecule has 1 unspecified atom stereocenters. The average molecular weight is 306 g/mol. The largest absolute Gasteiger partial charge is 0.481 e. The maximum Gasteiger partial charge on any atom is 0.178 e. The van der Waals surface area contributed by atoms with Crippen molar-refractivity contribution in [2.75, 3.05) is 5.75 Å². The zero-order valence-electron chi connectivity index (χ0n) is 11.0. The van der Waals surface area contributed by atoms with E-state index in [-0.39, 0.29) is 17.8 Å². The minimum atomic E-state index is -0.632. The van der Waals surface area contributed by atoms with Crippen molar-refractivity contribution in [1.82, 2.24) is 0 Å². The summed E-state index contributed by atoms with van der Waals surface area (Å²) >= 11 is 1.53. The van der Waals surface area contributed by atoms with Crippen LogP contribution in [0.2, 0.25) is 0 Å². The van der Waals surface area contributed by atoms with E-state index in [9.17, 15) is 13.6 Å². The molecule has 0 bridgehead atoms. The van der Waals surface area contributed by atoms with Crippen molar-refractivity contribution in [3.63, 3.8) is 0 Å². The summed E-state index contributed by atoms with van der Waals surface area (Å²) in [5, 5.41) is 0. The maximum absolute atomic E-state index is 13.6. The van der Waals surface area contributed by atoms with Crippen LogP contribution in [-0.2, 0) is 11.2 Å². The summed E-state index contributed by atoms with van der Waals surface area (Å²) in [6, 6.07) is 10.6. The van der Waals surface area contributed by atoms with Crippen molar-refractivity contribution in [2.24, 2.45) is 0 Å². The number of hydrogen-bond acceptors (Lipinski definition) is 3. The van der Waals surface area contributed by atoms with Gasteiger partial charge in [-0.2, -0.15) is 0 Å². The number of halogens is 2. The zero-order chi connectivity index (χ0) is 14.8. The summed E-state index contributed by atoms with van der Waals surface area (Å²) in [4.78, 5) is 13.2. The molecule has 0 N–H and O–H groups in total. The van der Waals surface area contributed by atoms with Gasteiger partial charge in [0, 0.05) is 17.1 Å². The fourth-order valence-corrected chi connectivity index (χ4v) is 3.18. The zero-order valence-corrected chi connectivity index (χ0v) is 11.8. The van der Waals surface area contributed by atoms with Crippen molar-refractivity contribution in [1.29, 1.82) is 0 Å². The first-order chi connectivity index (χ1) is 10.1. The number of rotatable bonds is 3. The van der Waals surface area contributed by atoms with E-state index >= 15 is 0 Å². The molecule has 1 atom stereocenters.